The molecule has 1 aliphatic carbocycles. The lowest BCUT2D eigenvalue weighted by molar-refractivity contribution is -0.139. The first kappa shape index (κ1) is 31.9. The molecule has 0 unspecified atom stereocenters. The van der Waals surface area contributed by atoms with E-state index < -0.39 is 28.5 Å². The first-order chi connectivity index (χ1) is 19.9. The van der Waals surface area contributed by atoms with Crippen LogP contribution in [-0.4, -0.2) is 43.8 Å². The van der Waals surface area contributed by atoms with Gasteiger partial charge in [-0.3, -0.25) is 13.9 Å². The number of carbonyl (C=O) groups is 2. The van der Waals surface area contributed by atoms with Gasteiger partial charge in [-0.2, -0.15) is 0 Å². The summed E-state index contributed by atoms with van der Waals surface area (Å²) in [7, 11) is -4.16. The van der Waals surface area contributed by atoms with Gasteiger partial charge < -0.3 is 10.2 Å². The Bertz CT molecular complexity index is 1530. The lowest BCUT2D eigenvalue weighted by Gasteiger charge is -2.33. The van der Waals surface area contributed by atoms with Gasteiger partial charge in [0.25, 0.3) is 10.0 Å². The second-order valence-corrected chi connectivity index (χ2v) is 13.6. The first-order valence-electron chi connectivity index (χ1n) is 14.1. The molecule has 4 rings (SSSR count). The molecule has 10 heteroatoms. The van der Waals surface area contributed by atoms with E-state index in [-0.39, 0.29) is 23.4 Å². The van der Waals surface area contributed by atoms with E-state index >= 15 is 0 Å². The topological polar surface area (TPSA) is 86.8 Å². The summed E-state index contributed by atoms with van der Waals surface area (Å²) < 4.78 is 29.3. The van der Waals surface area contributed by atoms with Crippen LogP contribution < -0.4 is 9.62 Å². The van der Waals surface area contributed by atoms with Gasteiger partial charge in [0.05, 0.1) is 10.6 Å². The molecule has 1 saturated carbocycles. The third kappa shape index (κ3) is 7.10. The Kier molecular flexibility index (Phi) is 10.2. The number of nitrogens with one attached hydrogen (secondary N) is 1. The Balaban J connectivity index is 1.75. The number of rotatable bonds is 10. The molecule has 3 aromatic carbocycles. The van der Waals surface area contributed by atoms with Gasteiger partial charge in [0.15, 0.2) is 0 Å². The van der Waals surface area contributed by atoms with Crippen LogP contribution in [0.3, 0.4) is 0 Å². The van der Waals surface area contributed by atoms with Crippen LogP contribution in [0.2, 0.25) is 10.0 Å². The molecule has 0 spiro atoms. The van der Waals surface area contributed by atoms with Crippen molar-refractivity contribution in [3.8, 4) is 0 Å². The van der Waals surface area contributed by atoms with Gasteiger partial charge in [-0.25, -0.2) is 8.42 Å². The summed E-state index contributed by atoms with van der Waals surface area (Å²) in [4.78, 5) is 29.1. The molecule has 224 valence electrons. The second-order valence-electron chi connectivity index (χ2n) is 10.9. The van der Waals surface area contributed by atoms with E-state index in [1.807, 2.05) is 26.8 Å². The highest BCUT2D eigenvalue weighted by atomic mass is 35.5. The summed E-state index contributed by atoms with van der Waals surface area (Å²) in [5, 5.41) is 3.76. The smallest absolute Gasteiger partial charge is 0.264 e. The fourth-order valence-corrected chi connectivity index (χ4v) is 7.17. The molecular formula is C32H37Cl2N3O4S. The fourth-order valence-electron chi connectivity index (χ4n) is 5.18. The standard InChI is InChI=1S/C32H37Cl2N3O4S/c1-21-15-17-26(18-16-21)42(40,41)37(30-14-7-9-22(2)23(30)3)20-31(38)36(19-27-28(33)12-8-13-29(27)34)24(4)32(39)35-25-10-5-6-11-25/h7-9,12-18,24-25H,5-6,10-11,19-20H2,1-4H3,(H,35,39)/t24-/m0/s1. The van der Waals surface area contributed by atoms with E-state index in [1.165, 1.54) is 17.0 Å². The van der Waals surface area contributed by atoms with Crippen LogP contribution in [0, 0.1) is 20.8 Å². The van der Waals surface area contributed by atoms with Crippen molar-refractivity contribution in [2.45, 2.75) is 76.9 Å². The van der Waals surface area contributed by atoms with Crippen molar-refractivity contribution in [2.24, 2.45) is 0 Å². The van der Waals surface area contributed by atoms with E-state index in [4.69, 9.17) is 23.2 Å². The van der Waals surface area contributed by atoms with E-state index in [0.717, 1.165) is 46.7 Å². The number of benzene rings is 3. The highest BCUT2D eigenvalue weighted by molar-refractivity contribution is 7.92. The minimum Gasteiger partial charge on any atom is -0.352 e. The van der Waals surface area contributed by atoms with Crippen LogP contribution in [0.15, 0.2) is 65.6 Å². The SMILES string of the molecule is Cc1ccc(S(=O)(=O)N(CC(=O)N(Cc2c(Cl)cccc2Cl)[C@@H](C)C(=O)NC2CCCC2)c2cccc(C)c2C)cc1. The normalized spacial score (nSPS) is 14.4. The molecule has 0 heterocycles. The zero-order valence-electron chi connectivity index (χ0n) is 24.4. The van der Waals surface area contributed by atoms with Gasteiger partial charge in [0.1, 0.15) is 12.6 Å². The Labute approximate surface area is 258 Å². The Morgan fingerprint density at radius 3 is 2.14 bits per heavy atom. The number of anilines is 1. The van der Waals surface area contributed by atoms with Crippen molar-refractivity contribution in [2.75, 3.05) is 10.8 Å². The Morgan fingerprint density at radius 1 is 0.929 bits per heavy atom. The number of aryl methyl sites for hydroxylation is 2. The van der Waals surface area contributed by atoms with Gasteiger partial charge >= 0.3 is 0 Å². The molecule has 3 aromatic rings. The van der Waals surface area contributed by atoms with Gasteiger partial charge in [0, 0.05) is 28.2 Å². The second kappa shape index (κ2) is 13.5. The average molecular weight is 631 g/mol. The molecule has 1 aliphatic rings. The number of sulfonamides is 1. The van der Waals surface area contributed by atoms with Gasteiger partial charge in [-0.1, -0.05) is 71.9 Å². The Hall–Kier alpha value is -3.07. The number of hydrogen-bond donors (Lipinski definition) is 1. The quantitative estimate of drug-likeness (QED) is 0.274. The van der Waals surface area contributed by atoms with Crippen molar-refractivity contribution < 1.29 is 18.0 Å². The monoisotopic (exact) mass is 629 g/mol. The summed E-state index contributed by atoms with van der Waals surface area (Å²) in [6.07, 6.45) is 3.85. The predicted molar refractivity (Wildman–Crippen MR) is 168 cm³/mol. The molecule has 1 atom stereocenters. The maximum atomic E-state index is 14.2. The molecule has 1 N–H and O–H groups in total. The average Bonchev–Trinajstić information content (AvgIpc) is 3.46. The van der Waals surface area contributed by atoms with Gasteiger partial charge in [-0.15, -0.1) is 0 Å². The van der Waals surface area contributed by atoms with Gasteiger partial charge in [0.2, 0.25) is 11.8 Å². The molecule has 1 fully saturated rings. The number of carbonyl (C=O) groups excluding carboxylic acids is 2. The van der Waals surface area contributed by atoms with Crippen LogP contribution in [0.25, 0.3) is 0 Å². The lowest BCUT2D eigenvalue weighted by Crippen LogP contribution is -2.52. The zero-order valence-corrected chi connectivity index (χ0v) is 26.7. The predicted octanol–water partition coefficient (Wildman–Crippen LogP) is 6.59. The van der Waals surface area contributed by atoms with Crippen molar-refractivity contribution in [1.29, 1.82) is 0 Å². The maximum absolute atomic E-state index is 14.2. The summed E-state index contributed by atoms with van der Waals surface area (Å²) >= 11 is 13.0. The molecule has 7 nitrogen and oxygen atoms in total. The van der Waals surface area contributed by atoms with E-state index in [9.17, 15) is 18.0 Å². The van der Waals surface area contributed by atoms with E-state index in [1.54, 1.807) is 49.4 Å². The maximum Gasteiger partial charge on any atom is 0.264 e. The third-order valence-corrected chi connectivity index (χ3v) is 10.5. The van der Waals surface area contributed by atoms with Crippen molar-refractivity contribution in [3.05, 3.63) is 93.0 Å². The molecule has 0 radical (unpaired) electrons. The van der Waals surface area contributed by atoms with Crippen LogP contribution >= 0.6 is 23.2 Å². The molecule has 0 aromatic heterocycles. The number of amides is 2. The van der Waals surface area contributed by atoms with Crippen LogP contribution in [0.4, 0.5) is 5.69 Å². The fraction of sp³-hybridized carbons (Fsp3) is 0.375. The molecule has 0 bridgehead atoms. The molecule has 0 aliphatic heterocycles. The van der Waals surface area contributed by atoms with Crippen LogP contribution in [0.1, 0.15) is 54.9 Å². The molecule has 0 saturated heterocycles. The zero-order chi connectivity index (χ0) is 30.6. The molecule has 42 heavy (non-hydrogen) atoms. The molecular weight excluding hydrogens is 593 g/mol. The number of halogens is 2. The van der Waals surface area contributed by atoms with Gasteiger partial charge in [-0.05, 0) is 82.0 Å². The van der Waals surface area contributed by atoms with Crippen molar-refractivity contribution in [3.63, 3.8) is 0 Å². The number of nitrogens with zero attached hydrogens (tertiary/aromatic N) is 2. The largest absolute Gasteiger partial charge is 0.352 e. The third-order valence-electron chi connectivity index (χ3n) is 7.99. The summed E-state index contributed by atoms with van der Waals surface area (Å²) in [5.74, 6) is -0.866. The summed E-state index contributed by atoms with van der Waals surface area (Å²) in [5.41, 5.74) is 3.40. The lowest BCUT2D eigenvalue weighted by atomic mass is 10.1. The highest BCUT2D eigenvalue weighted by Gasteiger charge is 2.34. The van der Waals surface area contributed by atoms with Crippen molar-refractivity contribution in [1.82, 2.24) is 10.2 Å². The Morgan fingerprint density at radius 2 is 1.52 bits per heavy atom. The summed E-state index contributed by atoms with van der Waals surface area (Å²) in [6, 6.07) is 16.0. The highest BCUT2D eigenvalue weighted by Crippen LogP contribution is 2.31. The van der Waals surface area contributed by atoms with E-state index in [0.29, 0.717) is 21.3 Å². The van der Waals surface area contributed by atoms with Crippen molar-refractivity contribution >= 4 is 50.7 Å². The minimum atomic E-state index is -4.16. The summed E-state index contributed by atoms with van der Waals surface area (Å²) in [6.45, 7) is 6.64. The molecule has 2 amide bonds. The van der Waals surface area contributed by atoms with E-state index in [2.05, 4.69) is 5.32 Å². The number of hydrogen-bond acceptors (Lipinski definition) is 4. The van der Waals surface area contributed by atoms with Crippen LogP contribution in [0.5, 0.6) is 0 Å². The van der Waals surface area contributed by atoms with Crippen LogP contribution in [-0.2, 0) is 26.2 Å². The minimum absolute atomic E-state index is 0.0501. The first-order valence-corrected chi connectivity index (χ1v) is 16.3.